The lowest BCUT2D eigenvalue weighted by Crippen LogP contribution is -2.38. The van der Waals surface area contributed by atoms with E-state index in [0.29, 0.717) is 11.3 Å². The number of nitrogens with one attached hydrogen (secondary N) is 2. The van der Waals surface area contributed by atoms with Crippen LogP contribution in [-0.2, 0) is 14.3 Å². The Labute approximate surface area is 146 Å². The fourth-order valence-electron chi connectivity index (χ4n) is 2.32. The average molecular weight is 344 g/mol. The molecule has 1 unspecified atom stereocenters. The van der Waals surface area contributed by atoms with Crippen LogP contribution >= 0.6 is 0 Å². The summed E-state index contributed by atoms with van der Waals surface area (Å²) in [5, 5.41) is 5.05. The number of ether oxygens (including phenoxy) is 1. The maximum absolute atomic E-state index is 13.3. The fraction of sp³-hybridized carbons (Fsp3) is 0.263. The number of benzene rings is 2. The van der Waals surface area contributed by atoms with E-state index in [2.05, 4.69) is 10.6 Å². The Hall–Kier alpha value is -2.73. The van der Waals surface area contributed by atoms with Crippen molar-refractivity contribution in [2.24, 2.45) is 0 Å². The summed E-state index contributed by atoms with van der Waals surface area (Å²) in [6, 6.07) is 11.3. The number of amides is 2. The van der Waals surface area contributed by atoms with Gasteiger partial charge in [-0.3, -0.25) is 9.59 Å². The smallest absolute Gasteiger partial charge is 0.313 e. The lowest BCUT2D eigenvalue weighted by molar-refractivity contribution is -0.136. The van der Waals surface area contributed by atoms with Gasteiger partial charge in [-0.1, -0.05) is 18.2 Å². The summed E-state index contributed by atoms with van der Waals surface area (Å²) in [5.41, 5.74) is 3.25. The summed E-state index contributed by atoms with van der Waals surface area (Å²) < 4.78 is 18.5. The number of carbonyl (C=O) groups is 2. The van der Waals surface area contributed by atoms with Crippen LogP contribution in [0.4, 0.5) is 10.1 Å². The van der Waals surface area contributed by atoms with E-state index in [1.807, 2.05) is 19.9 Å². The number of halogens is 1. The minimum Gasteiger partial charge on any atom is -0.375 e. The highest BCUT2D eigenvalue weighted by Gasteiger charge is 2.17. The van der Waals surface area contributed by atoms with Gasteiger partial charge in [0.25, 0.3) is 0 Å². The maximum atomic E-state index is 13.3. The van der Waals surface area contributed by atoms with Crippen molar-refractivity contribution in [3.63, 3.8) is 0 Å². The molecule has 1 atom stereocenters. The molecule has 2 N–H and O–H groups in total. The lowest BCUT2D eigenvalue weighted by Gasteiger charge is -2.16. The summed E-state index contributed by atoms with van der Waals surface area (Å²) in [4.78, 5) is 23.9. The lowest BCUT2D eigenvalue weighted by atomic mass is 10.1. The first-order valence-corrected chi connectivity index (χ1v) is 7.85. The highest BCUT2D eigenvalue weighted by molar-refractivity contribution is 6.39. The van der Waals surface area contributed by atoms with E-state index in [1.165, 1.54) is 19.2 Å². The van der Waals surface area contributed by atoms with Gasteiger partial charge in [0.15, 0.2) is 0 Å². The number of hydrogen-bond donors (Lipinski definition) is 2. The number of anilines is 1. The third-order valence-corrected chi connectivity index (χ3v) is 3.92. The standard InChI is InChI=1S/C19H21FN2O3/c1-12-7-8-16(9-13(12)2)22-19(24)18(23)21-11-17(25-3)14-5-4-6-15(20)10-14/h4-10,17H,11H2,1-3H3,(H,21,23)(H,22,24). The zero-order valence-corrected chi connectivity index (χ0v) is 14.4. The molecule has 0 aromatic heterocycles. The second-order valence-electron chi connectivity index (χ2n) is 5.74. The van der Waals surface area contributed by atoms with Gasteiger partial charge in [0.1, 0.15) is 5.82 Å². The van der Waals surface area contributed by atoms with Gasteiger partial charge < -0.3 is 15.4 Å². The molecule has 0 aliphatic carbocycles. The van der Waals surface area contributed by atoms with Crippen LogP contribution in [0.1, 0.15) is 22.8 Å². The van der Waals surface area contributed by atoms with Gasteiger partial charge in [0, 0.05) is 19.3 Å². The van der Waals surface area contributed by atoms with Crippen LogP contribution < -0.4 is 10.6 Å². The topological polar surface area (TPSA) is 67.4 Å². The minimum absolute atomic E-state index is 0.0547. The highest BCUT2D eigenvalue weighted by atomic mass is 19.1. The molecule has 2 aromatic rings. The molecule has 0 spiro atoms. The third-order valence-electron chi connectivity index (χ3n) is 3.92. The molecule has 0 radical (unpaired) electrons. The number of rotatable bonds is 5. The average Bonchev–Trinajstić information content (AvgIpc) is 2.58. The molecule has 25 heavy (non-hydrogen) atoms. The Morgan fingerprint density at radius 1 is 1.08 bits per heavy atom. The highest BCUT2D eigenvalue weighted by Crippen LogP contribution is 2.17. The normalized spacial score (nSPS) is 11.7. The molecular formula is C19H21FN2O3. The van der Waals surface area contributed by atoms with E-state index in [4.69, 9.17) is 4.74 Å². The Morgan fingerprint density at radius 3 is 2.48 bits per heavy atom. The molecule has 0 fully saturated rings. The van der Waals surface area contributed by atoms with E-state index in [0.717, 1.165) is 11.1 Å². The molecule has 0 saturated carbocycles. The number of aryl methyl sites for hydroxylation is 2. The predicted molar refractivity (Wildman–Crippen MR) is 93.7 cm³/mol. The monoisotopic (exact) mass is 344 g/mol. The van der Waals surface area contributed by atoms with Gasteiger partial charge in [0.05, 0.1) is 6.10 Å². The first-order valence-electron chi connectivity index (χ1n) is 7.85. The second kappa shape index (κ2) is 8.39. The molecule has 0 aliphatic heterocycles. The van der Waals surface area contributed by atoms with Gasteiger partial charge in [-0.15, -0.1) is 0 Å². The summed E-state index contributed by atoms with van der Waals surface area (Å²) >= 11 is 0. The molecule has 2 aromatic carbocycles. The molecule has 0 aliphatic rings. The van der Waals surface area contributed by atoms with Crippen LogP contribution in [0.15, 0.2) is 42.5 Å². The van der Waals surface area contributed by atoms with Crippen LogP contribution in [0.3, 0.4) is 0 Å². The van der Waals surface area contributed by atoms with Gasteiger partial charge in [-0.25, -0.2) is 4.39 Å². The summed E-state index contributed by atoms with van der Waals surface area (Å²) in [6.07, 6.45) is -0.547. The summed E-state index contributed by atoms with van der Waals surface area (Å²) in [7, 11) is 1.46. The first kappa shape index (κ1) is 18.6. The Bertz CT molecular complexity index is 777. The molecule has 5 nitrogen and oxygen atoms in total. The van der Waals surface area contributed by atoms with Crippen molar-refractivity contribution < 1.29 is 18.7 Å². The molecule has 2 rings (SSSR count). The second-order valence-corrected chi connectivity index (χ2v) is 5.74. The quantitative estimate of drug-likeness (QED) is 0.820. The maximum Gasteiger partial charge on any atom is 0.313 e. The largest absolute Gasteiger partial charge is 0.375 e. The Balaban J connectivity index is 1.93. The van der Waals surface area contributed by atoms with Crippen molar-refractivity contribution in [3.8, 4) is 0 Å². The number of carbonyl (C=O) groups excluding carboxylic acids is 2. The van der Waals surface area contributed by atoms with Gasteiger partial charge >= 0.3 is 11.8 Å². The molecule has 0 bridgehead atoms. The molecule has 2 amide bonds. The van der Waals surface area contributed by atoms with Crippen LogP contribution in [0.5, 0.6) is 0 Å². The number of hydrogen-bond acceptors (Lipinski definition) is 3. The predicted octanol–water partition coefficient (Wildman–Crippen LogP) is 2.88. The van der Waals surface area contributed by atoms with Crippen LogP contribution in [0.25, 0.3) is 0 Å². The minimum atomic E-state index is -0.781. The van der Waals surface area contributed by atoms with Crippen molar-refractivity contribution in [2.75, 3.05) is 19.0 Å². The Morgan fingerprint density at radius 2 is 1.84 bits per heavy atom. The van der Waals surface area contributed by atoms with Crippen LogP contribution in [0, 0.1) is 19.7 Å². The van der Waals surface area contributed by atoms with E-state index in [-0.39, 0.29) is 6.54 Å². The van der Waals surface area contributed by atoms with Crippen molar-refractivity contribution in [3.05, 3.63) is 65.0 Å². The molecule has 132 valence electrons. The zero-order valence-electron chi connectivity index (χ0n) is 14.4. The zero-order chi connectivity index (χ0) is 18.4. The van der Waals surface area contributed by atoms with E-state index < -0.39 is 23.7 Å². The van der Waals surface area contributed by atoms with E-state index in [1.54, 1.807) is 24.3 Å². The summed E-state index contributed by atoms with van der Waals surface area (Å²) in [6.45, 7) is 3.94. The van der Waals surface area contributed by atoms with Crippen molar-refractivity contribution in [2.45, 2.75) is 20.0 Å². The summed E-state index contributed by atoms with van der Waals surface area (Å²) in [5.74, 6) is -1.94. The SMILES string of the molecule is COC(CNC(=O)C(=O)Nc1ccc(C)c(C)c1)c1cccc(F)c1. The van der Waals surface area contributed by atoms with Crippen molar-refractivity contribution >= 4 is 17.5 Å². The first-order chi connectivity index (χ1) is 11.9. The van der Waals surface area contributed by atoms with Gasteiger partial charge in [-0.05, 0) is 54.8 Å². The van der Waals surface area contributed by atoms with Crippen LogP contribution in [-0.4, -0.2) is 25.5 Å². The molecular weight excluding hydrogens is 323 g/mol. The van der Waals surface area contributed by atoms with E-state index >= 15 is 0 Å². The van der Waals surface area contributed by atoms with Crippen LogP contribution in [0.2, 0.25) is 0 Å². The van der Waals surface area contributed by atoms with Crippen molar-refractivity contribution in [1.29, 1.82) is 0 Å². The fourth-order valence-corrected chi connectivity index (χ4v) is 2.32. The molecule has 6 heteroatoms. The van der Waals surface area contributed by atoms with Crippen molar-refractivity contribution in [1.82, 2.24) is 5.32 Å². The Kier molecular flexibility index (Phi) is 6.25. The van der Waals surface area contributed by atoms with Gasteiger partial charge in [0.2, 0.25) is 0 Å². The molecule has 0 saturated heterocycles. The molecule has 0 heterocycles. The van der Waals surface area contributed by atoms with E-state index in [9.17, 15) is 14.0 Å². The number of methoxy groups -OCH3 is 1. The third kappa shape index (κ3) is 5.12. The van der Waals surface area contributed by atoms with Gasteiger partial charge in [-0.2, -0.15) is 0 Å².